The van der Waals surface area contributed by atoms with Gasteiger partial charge in [0.2, 0.25) is 0 Å². The number of halogens is 3. The normalized spacial score (nSPS) is 11.0. The SMILES string of the molecule is CC(C)Oc1ccc(NC(=O)C(Cl)(Cl)Cl)c(C#N)c1. The van der Waals surface area contributed by atoms with Gasteiger partial charge in [-0.15, -0.1) is 0 Å². The van der Waals surface area contributed by atoms with Crippen LogP contribution in [0.15, 0.2) is 18.2 Å². The van der Waals surface area contributed by atoms with Crippen molar-refractivity contribution >= 4 is 46.4 Å². The molecule has 0 unspecified atom stereocenters. The molecular weight excluding hydrogens is 311 g/mol. The molecule has 0 bridgehead atoms. The number of hydrogen-bond acceptors (Lipinski definition) is 3. The van der Waals surface area contributed by atoms with E-state index in [9.17, 15) is 4.79 Å². The van der Waals surface area contributed by atoms with Crippen LogP contribution in [0.5, 0.6) is 5.75 Å². The second-order valence-corrected chi connectivity index (χ2v) is 6.22. The number of anilines is 1. The Morgan fingerprint density at radius 3 is 2.53 bits per heavy atom. The van der Waals surface area contributed by atoms with Crippen LogP contribution in [0.1, 0.15) is 19.4 Å². The van der Waals surface area contributed by atoms with Gasteiger partial charge in [-0.1, -0.05) is 34.8 Å². The van der Waals surface area contributed by atoms with Crippen molar-refractivity contribution in [3.8, 4) is 11.8 Å². The lowest BCUT2D eigenvalue weighted by atomic mass is 10.2. The molecule has 0 fully saturated rings. The van der Waals surface area contributed by atoms with Crippen LogP contribution in [0.2, 0.25) is 0 Å². The van der Waals surface area contributed by atoms with Gasteiger partial charge in [-0.3, -0.25) is 4.79 Å². The summed E-state index contributed by atoms with van der Waals surface area (Å²) >= 11 is 16.3. The predicted molar refractivity (Wildman–Crippen MR) is 75.8 cm³/mol. The molecular formula is C12H11Cl3N2O2. The van der Waals surface area contributed by atoms with Crippen molar-refractivity contribution in [1.29, 1.82) is 5.26 Å². The highest BCUT2D eigenvalue weighted by molar-refractivity contribution is 6.76. The largest absolute Gasteiger partial charge is 0.491 e. The van der Waals surface area contributed by atoms with Gasteiger partial charge in [-0.05, 0) is 26.0 Å². The molecule has 19 heavy (non-hydrogen) atoms. The number of carbonyl (C=O) groups excluding carboxylic acids is 1. The molecule has 0 aromatic heterocycles. The third-order valence-electron chi connectivity index (χ3n) is 1.99. The maximum absolute atomic E-state index is 11.5. The Kier molecular flexibility index (Phi) is 5.30. The molecule has 0 heterocycles. The minimum absolute atomic E-state index is 0.0202. The number of alkyl halides is 3. The van der Waals surface area contributed by atoms with Crippen LogP contribution in [0.3, 0.4) is 0 Å². The smallest absolute Gasteiger partial charge is 0.276 e. The van der Waals surface area contributed by atoms with Gasteiger partial charge in [0, 0.05) is 6.07 Å². The summed E-state index contributed by atoms with van der Waals surface area (Å²) in [6, 6.07) is 6.59. The van der Waals surface area contributed by atoms with E-state index >= 15 is 0 Å². The number of benzene rings is 1. The molecule has 4 nitrogen and oxygen atoms in total. The van der Waals surface area contributed by atoms with Crippen LogP contribution >= 0.6 is 34.8 Å². The molecule has 0 aliphatic heterocycles. The molecule has 0 aliphatic rings. The van der Waals surface area contributed by atoms with E-state index < -0.39 is 9.70 Å². The Morgan fingerprint density at radius 1 is 1.42 bits per heavy atom. The van der Waals surface area contributed by atoms with Crippen LogP contribution in [-0.4, -0.2) is 15.8 Å². The minimum Gasteiger partial charge on any atom is -0.491 e. The lowest BCUT2D eigenvalue weighted by Crippen LogP contribution is -2.27. The molecule has 1 N–H and O–H groups in total. The maximum atomic E-state index is 11.5. The summed E-state index contributed by atoms with van der Waals surface area (Å²) < 4.78 is 3.36. The minimum atomic E-state index is -2.08. The van der Waals surface area contributed by atoms with Crippen molar-refractivity contribution in [2.45, 2.75) is 23.7 Å². The van der Waals surface area contributed by atoms with E-state index in [1.165, 1.54) is 12.1 Å². The highest BCUT2D eigenvalue weighted by atomic mass is 35.6. The van der Waals surface area contributed by atoms with E-state index in [0.29, 0.717) is 5.75 Å². The average molecular weight is 322 g/mol. The fourth-order valence-electron chi connectivity index (χ4n) is 1.26. The Bertz CT molecular complexity index is 519. The van der Waals surface area contributed by atoms with Crippen LogP contribution in [0, 0.1) is 11.3 Å². The van der Waals surface area contributed by atoms with Crippen LogP contribution in [0.4, 0.5) is 5.69 Å². The molecule has 0 radical (unpaired) electrons. The van der Waals surface area contributed by atoms with E-state index in [4.69, 9.17) is 44.8 Å². The number of nitrogens with zero attached hydrogens (tertiary/aromatic N) is 1. The molecule has 1 rings (SSSR count). The summed E-state index contributed by atoms with van der Waals surface area (Å²) in [6.07, 6.45) is -0.0202. The summed E-state index contributed by atoms with van der Waals surface area (Å²) in [5.41, 5.74) is 0.482. The average Bonchev–Trinajstić information content (AvgIpc) is 2.29. The summed E-state index contributed by atoms with van der Waals surface area (Å²) in [6.45, 7) is 3.73. The molecule has 0 atom stereocenters. The second-order valence-electron chi connectivity index (χ2n) is 3.94. The van der Waals surface area contributed by atoms with Crippen LogP contribution < -0.4 is 10.1 Å². The molecule has 0 saturated carbocycles. The summed E-state index contributed by atoms with van der Waals surface area (Å²) in [5.74, 6) is -0.301. The summed E-state index contributed by atoms with van der Waals surface area (Å²) in [4.78, 5) is 11.5. The van der Waals surface area contributed by atoms with Crippen molar-refractivity contribution in [3.05, 3.63) is 23.8 Å². The quantitative estimate of drug-likeness (QED) is 0.864. The number of rotatable bonds is 3. The van der Waals surface area contributed by atoms with Gasteiger partial charge in [0.15, 0.2) is 0 Å². The highest BCUT2D eigenvalue weighted by Crippen LogP contribution is 2.29. The van der Waals surface area contributed by atoms with Gasteiger partial charge >= 0.3 is 0 Å². The fourth-order valence-corrected chi connectivity index (χ4v) is 1.41. The van der Waals surface area contributed by atoms with E-state index in [0.717, 1.165) is 0 Å². The van der Waals surface area contributed by atoms with E-state index in [1.54, 1.807) is 6.07 Å². The molecule has 0 aliphatic carbocycles. The molecule has 1 aromatic rings. The van der Waals surface area contributed by atoms with Gasteiger partial charge < -0.3 is 10.1 Å². The summed E-state index contributed by atoms with van der Waals surface area (Å²) in [5, 5.41) is 11.4. The third kappa shape index (κ3) is 4.79. The predicted octanol–water partition coefficient (Wildman–Crippen LogP) is 3.65. The zero-order chi connectivity index (χ0) is 14.6. The molecule has 1 amide bonds. The highest BCUT2D eigenvalue weighted by Gasteiger charge is 2.31. The lowest BCUT2D eigenvalue weighted by molar-refractivity contribution is -0.115. The molecule has 0 saturated heterocycles. The molecule has 1 aromatic carbocycles. The Morgan fingerprint density at radius 2 is 2.05 bits per heavy atom. The Labute approximate surface area is 126 Å². The van der Waals surface area contributed by atoms with Crippen molar-refractivity contribution < 1.29 is 9.53 Å². The van der Waals surface area contributed by atoms with Gasteiger partial charge in [0.25, 0.3) is 9.70 Å². The van der Waals surface area contributed by atoms with E-state index in [-0.39, 0.29) is 17.4 Å². The number of hydrogen-bond donors (Lipinski definition) is 1. The number of amides is 1. The number of ether oxygens (including phenoxy) is 1. The van der Waals surface area contributed by atoms with Crippen LogP contribution in [-0.2, 0) is 4.79 Å². The first kappa shape index (κ1) is 15.9. The topological polar surface area (TPSA) is 62.1 Å². The number of nitriles is 1. The van der Waals surface area contributed by atoms with Gasteiger partial charge in [-0.2, -0.15) is 5.26 Å². The Hall–Kier alpha value is -1.15. The van der Waals surface area contributed by atoms with Crippen molar-refractivity contribution in [2.24, 2.45) is 0 Å². The van der Waals surface area contributed by atoms with E-state index in [1.807, 2.05) is 19.9 Å². The molecule has 0 spiro atoms. The lowest BCUT2D eigenvalue weighted by Gasteiger charge is -2.14. The molecule has 7 heteroatoms. The summed E-state index contributed by atoms with van der Waals surface area (Å²) in [7, 11) is 0. The fraction of sp³-hybridized carbons (Fsp3) is 0.333. The first-order valence-corrected chi connectivity index (χ1v) is 6.46. The van der Waals surface area contributed by atoms with Gasteiger partial charge in [0.05, 0.1) is 17.4 Å². The second kappa shape index (κ2) is 6.33. The maximum Gasteiger partial charge on any atom is 0.276 e. The first-order chi connectivity index (χ1) is 8.74. The van der Waals surface area contributed by atoms with Crippen molar-refractivity contribution in [3.63, 3.8) is 0 Å². The van der Waals surface area contributed by atoms with Crippen LogP contribution in [0.25, 0.3) is 0 Å². The van der Waals surface area contributed by atoms with Crippen molar-refractivity contribution in [2.75, 3.05) is 5.32 Å². The zero-order valence-corrected chi connectivity index (χ0v) is 12.5. The van der Waals surface area contributed by atoms with E-state index in [2.05, 4.69) is 5.32 Å². The number of nitrogens with one attached hydrogen (secondary N) is 1. The van der Waals surface area contributed by atoms with Gasteiger partial charge in [-0.25, -0.2) is 0 Å². The monoisotopic (exact) mass is 320 g/mol. The molecule has 102 valence electrons. The first-order valence-electron chi connectivity index (χ1n) is 5.33. The third-order valence-corrected chi connectivity index (χ3v) is 2.50. The standard InChI is InChI=1S/C12H11Cl3N2O2/c1-7(2)19-9-3-4-10(8(5-9)6-16)17-11(18)12(13,14)15/h3-5,7H,1-2H3,(H,17,18). The Balaban J connectivity index is 2.98. The zero-order valence-electron chi connectivity index (χ0n) is 10.2. The number of carbonyl (C=O) groups is 1. The van der Waals surface area contributed by atoms with Crippen molar-refractivity contribution in [1.82, 2.24) is 0 Å². The van der Waals surface area contributed by atoms with Gasteiger partial charge in [0.1, 0.15) is 11.8 Å².